The Labute approximate surface area is 253 Å². The summed E-state index contributed by atoms with van der Waals surface area (Å²) in [6.07, 6.45) is 1.88. The van der Waals surface area contributed by atoms with E-state index in [0.717, 1.165) is 12.2 Å². The Morgan fingerprint density at radius 1 is 0.436 bits per heavy atom. The van der Waals surface area contributed by atoms with Crippen molar-refractivity contribution in [1.82, 2.24) is 0 Å². The standard InChI is InChI=1S/C24H44O10S5/c25-5-16-38-19-9-31-22(27)2-13-35-12-1-7-33-34-11-21-37-15-4-24(29)30-8-18-36-14-3-23(28)32-10-20-39-17-6-26/h25-26H,1-21H2. The molecule has 39 heavy (non-hydrogen) atoms. The van der Waals surface area contributed by atoms with E-state index in [4.69, 9.17) is 34.2 Å². The number of hydrogen-bond donors (Lipinski definition) is 2. The molecule has 0 atom stereocenters. The van der Waals surface area contributed by atoms with Gasteiger partial charge in [-0.2, -0.15) is 58.8 Å². The predicted octanol–water partition coefficient (Wildman–Crippen LogP) is 2.78. The van der Waals surface area contributed by atoms with Gasteiger partial charge in [-0.05, 0) is 12.2 Å². The van der Waals surface area contributed by atoms with Gasteiger partial charge in [-0.15, -0.1) is 0 Å². The van der Waals surface area contributed by atoms with Crippen molar-refractivity contribution in [2.45, 2.75) is 25.7 Å². The minimum Gasteiger partial charge on any atom is -0.465 e. The van der Waals surface area contributed by atoms with Crippen molar-refractivity contribution in [1.29, 1.82) is 0 Å². The third-order valence-electron chi connectivity index (χ3n) is 4.21. The maximum Gasteiger partial charge on any atom is 0.306 e. The van der Waals surface area contributed by atoms with Crippen molar-refractivity contribution in [2.24, 2.45) is 0 Å². The van der Waals surface area contributed by atoms with Crippen LogP contribution in [0.25, 0.3) is 0 Å². The first kappa shape index (κ1) is 39.0. The van der Waals surface area contributed by atoms with E-state index in [1.54, 1.807) is 58.8 Å². The lowest BCUT2D eigenvalue weighted by molar-refractivity contribution is -0.289. The normalized spacial score (nSPS) is 10.9. The van der Waals surface area contributed by atoms with Crippen LogP contribution in [0.2, 0.25) is 0 Å². The predicted molar refractivity (Wildman–Crippen MR) is 164 cm³/mol. The number of aliphatic hydroxyl groups is 2. The van der Waals surface area contributed by atoms with E-state index in [-0.39, 0.29) is 31.1 Å². The van der Waals surface area contributed by atoms with Gasteiger partial charge in [0.2, 0.25) is 0 Å². The molecule has 0 fully saturated rings. The summed E-state index contributed by atoms with van der Waals surface area (Å²) in [5.74, 6) is 6.26. The maximum atomic E-state index is 11.7. The van der Waals surface area contributed by atoms with Crippen LogP contribution in [0.3, 0.4) is 0 Å². The maximum absolute atomic E-state index is 11.7. The monoisotopic (exact) mass is 652 g/mol. The van der Waals surface area contributed by atoms with Crippen LogP contribution in [-0.4, -0.2) is 132 Å². The Kier molecular flexibility index (Phi) is 32.5. The second-order valence-electron chi connectivity index (χ2n) is 7.42. The van der Waals surface area contributed by atoms with Crippen molar-refractivity contribution in [3.8, 4) is 0 Å². The van der Waals surface area contributed by atoms with Gasteiger partial charge in [-0.25, -0.2) is 9.78 Å². The summed E-state index contributed by atoms with van der Waals surface area (Å²) >= 11 is 7.91. The first-order valence-electron chi connectivity index (χ1n) is 12.9. The van der Waals surface area contributed by atoms with Gasteiger partial charge in [0.1, 0.15) is 19.8 Å². The molecule has 0 aromatic heterocycles. The topological polar surface area (TPSA) is 138 Å². The van der Waals surface area contributed by atoms with Crippen molar-refractivity contribution in [3.05, 3.63) is 0 Å². The van der Waals surface area contributed by atoms with Gasteiger partial charge in [0.05, 0.1) is 45.7 Å². The van der Waals surface area contributed by atoms with Crippen molar-refractivity contribution in [3.63, 3.8) is 0 Å². The summed E-state index contributed by atoms with van der Waals surface area (Å²) < 4.78 is 15.4. The van der Waals surface area contributed by atoms with Crippen LogP contribution < -0.4 is 0 Å². The van der Waals surface area contributed by atoms with Gasteiger partial charge in [0.25, 0.3) is 0 Å². The van der Waals surface area contributed by atoms with Crippen LogP contribution in [0.4, 0.5) is 0 Å². The third-order valence-corrected chi connectivity index (χ3v) is 9.03. The van der Waals surface area contributed by atoms with Crippen LogP contribution in [0, 0.1) is 0 Å². The van der Waals surface area contributed by atoms with E-state index in [2.05, 4.69) is 0 Å². The average molecular weight is 653 g/mol. The third kappa shape index (κ3) is 32.4. The van der Waals surface area contributed by atoms with E-state index in [9.17, 15) is 14.4 Å². The molecule has 0 aliphatic rings. The number of ether oxygens (including phenoxy) is 3. The molecule has 0 bridgehead atoms. The number of rotatable bonds is 30. The molecule has 0 aliphatic heterocycles. The molecule has 0 unspecified atom stereocenters. The molecule has 10 nitrogen and oxygen atoms in total. The number of esters is 3. The molecule has 0 amide bonds. The van der Waals surface area contributed by atoms with Crippen molar-refractivity contribution >= 4 is 76.7 Å². The SMILES string of the molecule is O=C(CCSCCCOOCCSCCC(=O)OCCSCCC(=O)OCCSCCO)OCCSCCO. The minimum absolute atomic E-state index is 0.128. The fraction of sp³-hybridized carbons (Fsp3) is 0.875. The van der Waals surface area contributed by atoms with E-state index < -0.39 is 0 Å². The first-order chi connectivity index (χ1) is 19.1. The summed E-state index contributed by atoms with van der Waals surface area (Å²) in [7, 11) is 0. The van der Waals surface area contributed by atoms with Gasteiger partial charge in [0.15, 0.2) is 0 Å². The van der Waals surface area contributed by atoms with Gasteiger partial charge < -0.3 is 24.4 Å². The van der Waals surface area contributed by atoms with Crippen LogP contribution >= 0.6 is 58.8 Å². The van der Waals surface area contributed by atoms with Crippen LogP contribution in [-0.2, 0) is 38.4 Å². The highest BCUT2D eigenvalue weighted by Gasteiger charge is 2.06. The summed E-state index contributed by atoms with van der Waals surface area (Å²) in [5, 5.41) is 17.3. The zero-order chi connectivity index (χ0) is 28.7. The van der Waals surface area contributed by atoms with Gasteiger partial charge >= 0.3 is 17.9 Å². The molecule has 230 valence electrons. The van der Waals surface area contributed by atoms with E-state index >= 15 is 0 Å². The molecule has 0 saturated heterocycles. The Morgan fingerprint density at radius 3 is 1.23 bits per heavy atom. The fourth-order valence-electron chi connectivity index (χ4n) is 2.40. The first-order valence-corrected chi connectivity index (χ1v) is 18.7. The summed E-state index contributed by atoms with van der Waals surface area (Å²) in [5.41, 5.74) is 0. The zero-order valence-electron chi connectivity index (χ0n) is 22.6. The fourth-order valence-corrected chi connectivity index (χ4v) is 5.72. The molecular weight excluding hydrogens is 609 g/mol. The van der Waals surface area contributed by atoms with Gasteiger partial charge in [-0.1, -0.05) is 0 Å². The molecule has 15 heteroatoms. The largest absolute Gasteiger partial charge is 0.465 e. The van der Waals surface area contributed by atoms with E-state index in [1.165, 1.54) is 0 Å². The highest BCUT2D eigenvalue weighted by Crippen LogP contribution is 2.08. The quantitative estimate of drug-likeness (QED) is 0.0386. The Bertz CT molecular complexity index is 590. The minimum atomic E-state index is -0.233. The number of thioether (sulfide) groups is 5. The van der Waals surface area contributed by atoms with Crippen molar-refractivity contribution < 1.29 is 48.6 Å². The lowest BCUT2D eigenvalue weighted by Gasteiger charge is -2.06. The van der Waals surface area contributed by atoms with Gasteiger partial charge in [0, 0.05) is 51.8 Å². The number of aliphatic hydroxyl groups excluding tert-OH is 2. The van der Waals surface area contributed by atoms with Gasteiger partial charge in [-0.3, -0.25) is 14.4 Å². The van der Waals surface area contributed by atoms with E-state index in [1.807, 2.05) is 0 Å². The second kappa shape index (κ2) is 32.5. The Morgan fingerprint density at radius 2 is 0.795 bits per heavy atom. The molecule has 0 heterocycles. The summed E-state index contributed by atoms with van der Waals surface area (Å²) in [6, 6.07) is 0. The van der Waals surface area contributed by atoms with Crippen LogP contribution in [0.1, 0.15) is 25.7 Å². The Balaban J connectivity index is 3.28. The number of hydrogen-bond acceptors (Lipinski definition) is 15. The van der Waals surface area contributed by atoms with Crippen LogP contribution in [0.15, 0.2) is 0 Å². The van der Waals surface area contributed by atoms with Crippen LogP contribution in [0.5, 0.6) is 0 Å². The molecule has 0 rings (SSSR count). The summed E-state index contributed by atoms with van der Waals surface area (Å²) in [6.45, 7) is 2.27. The zero-order valence-corrected chi connectivity index (χ0v) is 26.6. The lowest BCUT2D eigenvalue weighted by atomic mass is 10.5. The molecule has 2 N–H and O–H groups in total. The molecular formula is C24H44O10S5. The molecule has 0 aromatic rings. The molecule has 0 saturated carbocycles. The highest BCUT2D eigenvalue weighted by molar-refractivity contribution is 8.00. The molecule has 0 radical (unpaired) electrons. The second-order valence-corrected chi connectivity index (χ2v) is 13.5. The highest BCUT2D eigenvalue weighted by atomic mass is 32.2. The van der Waals surface area contributed by atoms with E-state index in [0.29, 0.717) is 104 Å². The smallest absolute Gasteiger partial charge is 0.306 e. The van der Waals surface area contributed by atoms with Crippen molar-refractivity contribution in [2.75, 3.05) is 104 Å². The summed E-state index contributed by atoms with van der Waals surface area (Å²) in [4.78, 5) is 45.1. The lowest BCUT2D eigenvalue weighted by Crippen LogP contribution is -2.10. The molecule has 0 aromatic carbocycles. The number of carbonyl (C=O) groups is 3. The average Bonchev–Trinajstić information content (AvgIpc) is 2.92. The molecule has 0 aliphatic carbocycles. The number of carbonyl (C=O) groups excluding carboxylic acids is 3. The Hall–Kier alpha value is -0.000000000000000187. The molecule has 0 spiro atoms.